The highest BCUT2D eigenvalue weighted by atomic mass is 35.5. The van der Waals surface area contributed by atoms with Gasteiger partial charge in [-0.05, 0) is 30.0 Å². The number of hydrogen-bond acceptors (Lipinski definition) is 5. The molecule has 2 N–H and O–H groups in total. The van der Waals surface area contributed by atoms with Crippen LogP contribution >= 0.6 is 12.4 Å². The van der Waals surface area contributed by atoms with Crippen LogP contribution in [0.15, 0.2) is 12.1 Å². The molecule has 0 aliphatic rings. The van der Waals surface area contributed by atoms with Crippen LogP contribution in [0.1, 0.15) is 32.8 Å². The maximum Gasteiger partial charge on any atom is 0.203 e. The van der Waals surface area contributed by atoms with Crippen molar-refractivity contribution in [3.05, 3.63) is 17.7 Å². The molecule has 2 unspecified atom stereocenters. The van der Waals surface area contributed by atoms with Crippen molar-refractivity contribution in [2.24, 2.45) is 11.7 Å². The van der Waals surface area contributed by atoms with Crippen LogP contribution in [0.2, 0.25) is 0 Å². The number of benzene rings is 1. The Balaban J connectivity index is 0.00000484. The Kier molecular flexibility index (Phi) is 8.22. The Hall–Kier alpha value is -1.64. The van der Waals surface area contributed by atoms with Crippen molar-refractivity contribution in [2.45, 2.75) is 38.6 Å². The standard InChI is InChI=1S/C17H26N2O3.ClH/c1-7-15(19)17(10-18,11(2)3)12-8-13(20-4)16(22-6)14(9-12)21-5;/h8-9,11,15H,7,19H2,1-6H3;1H. The van der Waals surface area contributed by atoms with Crippen molar-refractivity contribution in [1.82, 2.24) is 0 Å². The first kappa shape index (κ1) is 21.4. The third kappa shape index (κ3) is 3.65. The number of methoxy groups -OCH3 is 3. The van der Waals surface area contributed by atoms with Crippen LogP contribution in [0.5, 0.6) is 17.2 Å². The van der Waals surface area contributed by atoms with Crippen LogP contribution in [0.3, 0.4) is 0 Å². The highest BCUT2D eigenvalue weighted by molar-refractivity contribution is 5.85. The molecule has 0 aliphatic carbocycles. The van der Waals surface area contributed by atoms with Gasteiger partial charge in [0.25, 0.3) is 0 Å². The molecule has 0 amide bonds. The van der Waals surface area contributed by atoms with Crippen LogP contribution in [-0.4, -0.2) is 27.4 Å². The van der Waals surface area contributed by atoms with Gasteiger partial charge in [-0.25, -0.2) is 0 Å². The van der Waals surface area contributed by atoms with E-state index in [9.17, 15) is 5.26 Å². The van der Waals surface area contributed by atoms with E-state index in [1.807, 2.05) is 32.9 Å². The van der Waals surface area contributed by atoms with E-state index in [4.69, 9.17) is 19.9 Å². The third-order valence-electron chi connectivity index (χ3n) is 4.26. The topological polar surface area (TPSA) is 77.5 Å². The Labute approximate surface area is 145 Å². The summed E-state index contributed by atoms with van der Waals surface area (Å²) in [6.45, 7) is 5.99. The maximum absolute atomic E-state index is 9.91. The van der Waals surface area contributed by atoms with Gasteiger partial charge in [-0.15, -0.1) is 12.4 Å². The number of rotatable bonds is 7. The van der Waals surface area contributed by atoms with E-state index >= 15 is 0 Å². The minimum Gasteiger partial charge on any atom is -0.493 e. The zero-order valence-electron chi connectivity index (χ0n) is 14.7. The molecule has 0 saturated heterocycles. The van der Waals surface area contributed by atoms with Crippen molar-refractivity contribution in [2.75, 3.05) is 21.3 Å². The summed E-state index contributed by atoms with van der Waals surface area (Å²) in [5.41, 5.74) is 6.28. The van der Waals surface area contributed by atoms with Crippen LogP contribution in [0.4, 0.5) is 0 Å². The second-order valence-electron chi connectivity index (χ2n) is 5.56. The monoisotopic (exact) mass is 342 g/mol. The highest BCUT2D eigenvalue weighted by Gasteiger charge is 2.42. The van der Waals surface area contributed by atoms with E-state index < -0.39 is 5.41 Å². The molecule has 1 aromatic rings. The molecule has 0 bridgehead atoms. The van der Waals surface area contributed by atoms with Gasteiger partial charge >= 0.3 is 0 Å². The molecule has 6 heteroatoms. The lowest BCUT2D eigenvalue weighted by molar-refractivity contribution is 0.304. The predicted molar refractivity (Wildman–Crippen MR) is 93.7 cm³/mol. The van der Waals surface area contributed by atoms with Gasteiger partial charge in [0.1, 0.15) is 0 Å². The van der Waals surface area contributed by atoms with E-state index in [0.29, 0.717) is 23.7 Å². The van der Waals surface area contributed by atoms with Crippen molar-refractivity contribution < 1.29 is 14.2 Å². The molecule has 0 aliphatic heterocycles. The Bertz CT molecular complexity index is 532. The van der Waals surface area contributed by atoms with Crippen LogP contribution < -0.4 is 19.9 Å². The second kappa shape index (κ2) is 8.85. The summed E-state index contributed by atoms with van der Waals surface area (Å²) in [6.07, 6.45) is 0.697. The fourth-order valence-electron chi connectivity index (χ4n) is 2.89. The van der Waals surface area contributed by atoms with Crippen LogP contribution in [0, 0.1) is 17.2 Å². The van der Waals surface area contributed by atoms with E-state index in [2.05, 4.69) is 6.07 Å². The van der Waals surface area contributed by atoms with E-state index in [-0.39, 0.29) is 24.4 Å². The lowest BCUT2D eigenvalue weighted by atomic mass is 9.67. The number of nitrogens with zero attached hydrogens (tertiary/aromatic N) is 1. The summed E-state index contributed by atoms with van der Waals surface area (Å²) in [5, 5.41) is 9.91. The van der Waals surface area contributed by atoms with E-state index in [1.54, 1.807) is 21.3 Å². The zero-order valence-corrected chi connectivity index (χ0v) is 15.5. The van der Waals surface area contributed by atoms with Crippen molar-refractivity contribution in [1.29, 1.82) is 5.26 Å². The number of nitriles is 1. The first-order valence-corrected chi connectivity index (χ1v) is 7.40. The predicted octanol–water partition coefficient (Wildman–Crippen LogP) is 3.29. The third-order valence-corrected chi connectivity index (χ3v) is 4.26. The minimum atomic E-state index is -0.818. The summed E-state index contributed by atoms with van der Waals surface area (Å²) in [7, 11) is 4.67. The molecule has 1 rings (SSSR count). The molecule has 1 aromatic carbocycles. The Morgan fingerprint density at radius 3 is 1.87 bits per heavy atom. The number of halogens is 1. The largest absolute Gasteiger partial charge is 0.493 e. The molecule has 0 aromatic heterocycles. The quantitative estimate of drug-likeness (QED) is 0.822. The average molecular weight is 343 g/mol. The van der Waals surface area contributed by atoms with Gasteiger partial charge in [0.15, 0.2) is 11.5 Å². The van der Waals surface area contributed by atoms with Gasteiger partial charge in [-0.2, -0.15) is 5.26 Å². The molecular weight excluding hydrogens is 316 g/mol. The van der Waals surface area contributed by atoms with E-state index in [0.717, 1.165) is 5.56 Å². The molecule has 0 heterocycles. The molecular formula is C17H27ClN2O3. The number of nitrogens with two attached hydrogens (primary N) is 1. The van der Waals surface area contributed by atoms with Crippen molar-refractivity contribution >= 4 is 12.4 Å². The maximum atomic E-state index is 9.91. The van der Waals surface area contributed by atoms with Crippen LogP contribution in [-0.2, 0) is 5.41 Å². The smallest absolute Gasteiger partial charge is 0.203 e. The van der Waals surface area contributed by atoms with Gasteiger partial charge in [0.2, 0.25) is 5.75 Å². The Morgan fingerprint density at radius 1 is 1.13 bits per heavy atom. The highest BCUT2D eigenvalue weighted by Crippen LogP contribution is 2.44. The molecule has 0 fully saturated rings. The second-order valence-corrected chi connectivity index (χ2v) is 5.56. The Morgan fingerprint density at radius 2 is 1.61 bits per heavy atom. The van der Waals surface area contributed by atoms with Crippen molar-refractivity contribution in [3.63, 3.8) is 0 Å². The van der Waals surface area contributed by atoms with Gasteiger partial charge in [-0.1, -0.05) is 20.8 Å². The van der Waals surface area contributed by atoms with Gasteiger partial charge in [0, 0.05) is 6.04 Å². The summed E-state index contributed by atoms with van der Waals surface area (Å²) >= 11 is 0. The number of ether oxygens (including phenoxy) is 3. The van der Waals surface area contributed by atoms with Gasteiger partial charge < -0.3 is 19.9 Å². The number of hydrogen-bond donors (Lipinski definition) is 1. The lowest BCUT2D eigenvalue weighted by Crippen LogP contribution is -2.48. The van der Waals surface area contributed by atoms with Crippen LogP contribution in [0.25, 0.3) is 0 Å². The zero-order chi connectivity index (χ0) is 16.9. The molecule has 0 saturated carbocycles. The fraction of sp³-hybridized carbons (Fsp3) is 0.588. The average Bonchev–Trinajstić information content (AvgIpc) is 2.54. The first-order chi connectivity index (χ1) is 10.4. The van der Waals surface area contributed by atoms with Gasteiger partial charge in [0.05, 0.1) is 32.8 Å². The molecule has 2 atom stereocenters. The molecule has 23 heavy (non-hydrogen) atoms. The minimum absolute atomic E-state index is 0. The molecule has 0 radical (unpaired) electrons. The summed E-state index contributed by atoms with van der Waals surface area (Å²) in [5.74, 6) is 1.60. The molecule has 130 valence electrons. The van der Waals surface area contributed by atoms with Gasteiger partial charge in [-0.3, -0.25) is 0 Å². The first-order valence-electron chi connectivity index (χ1n) is 7.40. The lowest BCUT2D eigenvalue weighted by Gasteiger charge is -2.37. The summed E-state index contributed by atoms with van der Waals surface area (Å²) in [6, 6.07) is 5.79. The normalized spacial score (nSPS) is 14.2. The van der Waals surface area contributed by atoms with E-state index in [1.165, 1.54) is 0 Å². The fourth-order valence-corrected chi connectivity index (χ4v) is 2.89. The van der Waals surface area contributed by atoms with Crippen molar-refractivity contribution in [3.8, 4) is 23.3 Å². The molecule has 5 nitrogen and oxygen atoms in total. The molecule has 0 spiro atoms. The summed E-state index contributed by atoms with van der Waals surface area (Å²) < 4.78 is 16.1. The SMILES string of the molecule is CCC(N)C(C#N)(c1cc(OC)c(OC)c(OC)c1)C(C)C.Cl. The summed E-state index contributed by atoms with van der Waals surface area (Å²) in [4.78, 5) is 0.